The average molecular weight is 225 g/mol. The van der Waals surface area contributed by atoms with E-state index in [1.165, 1.54) is 12.1 Å². The summed E-state index contributed by atoms with van der Waals surface area (Å²) in [6.07, 6.45) is 0.0397. The van der Waals surface area contributed by atoms with Crippen molar-refractivity contribution in [1.29, 1.82) is 0 Å². The molecule has 0 heterocycles. The number of phenolic OH excluding ortho intramolecular Hbond substituents is 2. The molecule has 0 unspecified atom stereocenters. The first-order chi connectivity index (χ1) is 7.54. The van der Waals surface area contributed by atoms with E-state index < -0.39 is 6.04 Å². The van der Waals surface area contributed by atoms with Crippen molar-refractivity contribution in [3.63, 3.8) is 0 Å². The summed E-state index contributed by atoms with van der Waals surface area (Å²) in [6, 6.07) is 3.67. The summed E-state index contributed by atoms with van der Waals surface area (Å²) >= 11 is 0. The van der Waals surface area contributed by atoms with Crippen LogP contribution in [0.2, 0.25) is 0 Å². The fraction of sp³-hybridized carbons (Fsp3) is 0.364. The van der Waals surface area contributed by atoms with E-state index in [-0.39, 0.29) is 23.9 Å². The number of benzene rings is 1. The molecule has 1 aromatic rings. The van der Waals surface area contributed by atoms with Crippen molar-refractivity contribution in [2.75, 3.05) is 6.61 Å². The fourth-order valence-electron chi connectivity index (χ4n) is 1.29. The van der Waals surface area contributed by atoms with Gasteiger partial charge in [-0.1, -0.05) is 6.07 Å². The molecule has 0 spiro atoms. The van der Waals surface area contributed by atoms with Gasteiger partial charge in [0.1, 0.15) is 0 Å². The summed E-state index contributed by atoms with van der Waals surface area (Å²) in [6.45, 7) is 2.03. The number of carbonyl (C=O) groups excluding carboxylic acids is 1. The van der Waals surface area contributed by atoms with Gasteiger partial charge in [0.25, 0.3) is 0 Å². The molecule has 1 aromatic carbocycles. The Morgan fingerprint density at radius 1 is 1.44 bits per heavy atom. The molecule has 0 aliphatic heterocycles. The number of aromatic hydroxyl groups is 2. The standard InChI is InChI=1S/C11H15NO4/c1-2-16-11(15)6-8(12)7-3-4-9(13)10(14)5-7/h3-5,8,13-14H,2,6,12H2,1H3/t8-/m0/s1. The molecule has 1 rings (SSSR count). The van der Waals surface area contributed by atoms with Gasteiger partial charge in [0.15, 0.2) is 11.5 Å². The lowest BCUT2D eigenvalue weighted by Crippen LogP contribution is -2.17. The molecule has 0 bridgehead atoms. The second-order valence-electron chi connectivity index (χ2n) is 3.36. The van der Waals surface area contributed by atoms with E-state index in [1.54, 1.807) is 13.0 Å². The lowest BCUT2D eigenvalue weighted by Gasteiger charge is -2.11. The van der Waals surface area contributed by atoms with E-state index in [1.807, 2.05) is 0 Å². The summed E-state index contributed by atoms with van der Waals surface area (Å²) < 4.78 is 4.76. The number of rotatable bonds is 4. The predicted molar refractivity (Wildman–Crippen MR) is 58.0 cm³/mol. The van der Waals surface area contributed by atoms with E-state index in [2.05, 4.69) is 0 Å². The molecule has 5 nitrogen and oxygen atoms in total. The molecule has 0 aliphatic rings. The Labute approximate surface area is 93.5 Å². The van der Waals surface area contributed by atoms with Gasteiger partial charge >= 0.3 is 5.97 Å². The predicted octanol–water partition coefficient (Wildman–Crippen LogP) is 1.05. The maximum atomic E-state index is 11.2. The van der Waals surface area contributed by atoms with E-state index in [0.717, 1.165) is 0 Å². The number of hydrogen-bond acceptors (Lipinski definition) is 5. The summed E-state index contributed by atoms with van der Waals surface area (Å²) in [5, 5.41) is 18.4. The third-order valence-corrected chi connectivity index (χ3v) is 2.12. The Kier molecular flexibility index (Phi) is 4.13. The van der Waals surface area contributed by atoms with Gasteiger partial charge in [0, 0.05) is 6.04 Å². The second kappa shape index (κ2) is 5.37. The Morgan fingerprint density at radius 3 is 2.69 bits per heavy atom. The number of hydrogen-bond donors (Lipinski definition) is 3. The van der Waals surface area contributed by atoms with Crippen LogP contribution >= 0.6 is 0 Å². The highest BCUT2D eigenvalue weighted by Gasteiger charge is 2.13. The minimum absolute atomic E-state index is 0.0397. The molecule has 4 N–H and O–H groups in total. The Balaban J connectivity index is 2.69. The highest BCUT2D eigenvalue weighted by atomic mass is 16.5. The first-order valence-electron chi connectivity index (χ1n) is 4.97. The maximum absolute atomic E-state index is 11.2. The Hall–Kier alpha value is -1.75. The van der Waals surface area contributed by atoms with Crippen molar-refractivity contribution >= 4 is 5.97 Å². The Morgan fingerprint density at radius 2 is 2.12 bits per heavy atom. The van der Waals surface area contributed by atoms with E-state index in [0.29, 0.717) is 12.2 Å². The monoisotopic (exact) mass is 225 g/mol. The minimum Gasteiger partial charge on any atom is -0.504 e. The molecule has 0 aromatic heterocycles. The SMILES string of the molecule is CCOC(=O)C[C@H](N)c1ccc(O)c(O)c1. The van der Waals surface area contributed by atoms with Crippen molar-refractivity contribution in [1.82, 2.24) is 0 Å². The Bertz CT molecular complexity index is 378. The van der Waals surface area contributed by atoms with E-state index in [4.69, 9.17) is 15.6 Å². The minimum atomic E-state index is -0.550. The normalized spacial score (nSPS) is 12.1. The topological polar surface area (TPSA) is 92.8 Å². The molecule has 0 radical (unpaired) electrons. The molecular weight excluding hydrogens is 210 g/mol. The highest BCUT2D eigenvalue weighted by Crippen LogP contribution is 2.28. The van der Waals surface area contributed by atoms with Crippen LogP contribution in [-0.4, -0.2) is 22.8 Å². The molecule has 0 saturated carbocycles. The van der Waals surface area contributed by atoms with Crippen LogP contribution in [0.15, 0.2) is 18.2 Å². The zero-order valence-corrected chi connectivity index (χ0v) is 9.01. The molecule has 5 heteroatoms. The zero-order chi connectivity index (χ0) is 12.1. The molecule has 1 atom stereocenters. The number of esters is 1. The smallest absolute Gasteiger partial charge is 0.307 e. The summed E-state index contributed by atoms with van der Waals surface area (Å²) in [5.41, 5.74) is 6.32. The van der Waals surface area contributed by atoms with Gasteiger partial charge in [-0.25, -0.2) is 0 Å². The molecule has 0 aliphatic carbocycles. The van der Waals surface area contributed by atoms with Crippen LogP contribution in [0.25, 0.3) is 0 Å². The maximum Gasteiger partial charge on any atom is 0.307 e. The zero-order valence-electron chi connectivity index (χ0n) is 9.01. The van der Waals surface area contributed by atoms with Gasteiger partial charge < -0.3 is 20.7 Å². The summed E-state index contributed by atoms with van der Waals surface area (Å²) in [7, 11) is 0. The van der Waals surface area contributed by atoms with E-state index in [9.17, 15) is 9.90 Å². The van der Waals surface area contributed by atoms with Gasteiger partial charge in [-0.15, -0.1) is 0 Å². The van der Waals surface area contributed by atoms with Crippen LogP contribution in [-0.2, 0) is 9.53 Å². The largest absolute Gasteiger partial charge is 0.504 e. The van der Waals surface area contributed by atoms with E-state index >= 15 is 0 Å². The highest BCUT2D eigenvalue weighted by molar-refractivity contribution is 5.70. The van der Waals surface area contributed by atoms with Crippen molar-refractivity contribution in [3.05, 3.63) is 23.8 Å². The van der Waals surface area contributed by atoms with Crippen LogP contribution in [0, 0.1) is 0 Å². The van der Waals surface area contributed by atoms with Crippen LogP contribution < -0.4 is 5.73 Å². The van der Waals surface area contributed by atoms with Gasteiger partial charge in [0.05, 0.1) is 13.0 Å². The average Bonchev–Trinajstić information content (AvgIpc) is 2.22. The van der Waals surface area contributed by atoms with Crippen molar-refractivity contribution in [2.45, 2.75) is 19.4 Å². The van der Waals surface area contributed by atoms with Crippen LogP contribution in [0.4, 0.5) is 0 Å². The number of nitrogens with two attached hydrogens (primary N) is 1. The summed E-state index contributed by atoms with van der Waals surface area (Å²) in [5.74, 6) is -0.855. The lowest BCUT2D eigenvalue weighted by molar-refractivity contribution is -0.143. The van der Waals surface area contributed by atoms with Crippen LogP contribution in [0.1, 0.15) is 24.9 Å². The van der Waals surface area contributed by atoms with Crippen molar-refractivity contribution in [3.8, 4) is 11.5 Å². The molecular formula is C11H15NO4. The first-order valence-corrected chi connectivity index (χ1v) is 4.97. The second-order valence-corrected chi connectivity index (χ2v) is 3.36. The molecule has 16 heavy (non-hydrogen) atoms. The van der Waals surface area contributed by atoms with Gasteiger partial charge in [-0.05, 0) is 24.6 Å². The van der Waals surface area contributed by atoms with Crippen LogP contribution in [0.3, 0.4) is 0 Å². The quantitative estimate of drug-likeness (QED) is 0.526. The van der Waals surface area contributed by atoms with Gasteiger partial charge in [-0.3, -0.25) is 4.79 Å². The van der Waals surface area contributed by atoms with Crippen molar-refractivity contribution < 1.29 is 19.7 Å². The lowest BCUT2D eigenvalue weighted by atomic mass is 10.0. The number of phenols is 2. The van der Waals surface area contributed by atoms with Crippen molar-refractivity contribution in [2.24, 2.45) is 5.73 Å². The van der Waals surface area contributed by atoms with Gasteiger partial charge in [-0.2, -0.15) is 0 Å². The molecule has 0 fully saturated rings. The molecule has 88 valence electrons. The first kappa shape index (κ1) is 12.3. The number of carbonyl (C=O) groups is 1. The third kappa shape index (κ3) is 3.13. The fourth-order valence-corrected chi connectivity index (χ4v) is 1.29. The summed E-state index contributed by atoms with van der Waals surface area (Å²) in [4.78, 5) is 11.2. The third-order valence-electron chi connectivity index (χ3n) is 2.12. The molecule has 0 amide bonds. The number of ether oxygens (including phenoxy) is 1. The molecule has 0 saturated heterocycles. The van der Waals surface area contributed by atoms with Gasteiger partial charge in [0.2, 0.25) is 0 Å². The van der Waals surface area contributed by atoms with Crippen LogP contribution in [0.5, 0.6) is 11.5 Å².